The number of ether oxygens (including phenoxy) is 1. The summed E-state index contributed by atoms with van der Waals surface area (Å²) in [6, 6.07) is 0. The van der Waals surface area contributed by atoms with Crippen LogP contribution in [0.15, 0.2) is 18.8 Å². The average Bonchev–Trinajstić information content (AvgIpc) is 2.46. The number of anilines is 1. The molecule has 0 atom stereocenters. The SMILES string of the molecule is COc1c(N)c2oc(=O)c(C(C)=O)c(O)c2c2c(=O)c(=O)c12. The van der Waals surface area contributed by atoms with Crippen molar-refractivity contribution >= 4 is 33.2 Å². The first-order valence-electron chi connectivity index (χ1n) is 6.10. The molecule has 1 heterocycles. The third-order valence-corrected chi connectivity index (χ3v) is 3.53. The van der Waals surface area contributed by atoms with Gasteiger partial charge in [-0.2, -0.15) is 0 Å². The molecule has 0 spiro atoms. The van der Waals surface area contributed by atoms with Gasteiger partial charge >= 0.3 is 5.63 Å². The molecule has 3 N–H and O–H groups in total. The van der Waals surface area contributed by atoms with E-state index in [9.17, 15) is 24.3 Å². The predicted molar refractivity (Wildman–Crippen MR) is 77.5 cm³/mol. The Labute approximate surface area is 121 Å². The van der Waals surface area contributed by atoms with E-state index in [-0.39, 0.29) is 33.2 Å². The Kier molecular flexibility index (Phi) is 2.62. The van der Waals surface area contributed by atoms with Crippen LogP contribution in [0.1, 0.15) is 17.3 Å². The Balaban J connectivity index is 2.74. The molecule has 0 radical (unpaired) electrons. The summed E-state index contributed by atoms with van der Waals surface area (Å²) in [5.41, 5.74) is 1.88. The van der Waals surface area contributed by atoms with Crippen LogP contribution in [0, 0.1) is 0 Å². The third-order valence-electron chi connectivity index (χ3n) is 3.53. The molecule has 0 fully saturated rings. The number of hydrogen-bond donors (Lipinski definition) is 2. The van der Waals surface area contributed by atoms with Gasteiger partial charge in [-0.05, 0) is 6.92 Å². The van der Waals surface area contributed by atoms with Gasteiger partial charge in [0.25, 0.3) is 0 Å². The Bertz CT molecular complexity index is 1110. The summed E-state index contributed by atoms with van der Waals surface area (Å²) in [5.74, 6) is -1.58. The fourth-order valence-corrected chi connectivity index (χ4v) is 2.55. The molecule has 1 aromatic heterocycles. The molecular formula is C14H9NO7. The van der Waals surface area contributed by atoms with E-state index in [1.807, 2.05) is 0 Å². The smallest absolute Gasteiger partial charge is 0.351 e. The van der Waals surface area contributed by atoms with Gasteiger partial charge in [-0.25, -0.2) is 4.79 Å². The number of carbonyl (C=O) groups is 1. The molecule has 0 aliphatic heterocycles. The topological polar surface area (TPSA) is 137 Å². The van der Waals surface area contributed by atoms with Gasteiger partial charge in [0.2, 0.25) is 10.9 Å². The first-order valence-corrected chi connectivity index (χ1v) is 6.10. The van der Waals surface area contributed by atoms with E-state index in [4.69, 9.17) is 14.9 Å². The molecule has 0 saturated heterocycles. The Morgan fingerprint density at radius 1 is 1.14 bits per heavy atom. The Morgan fingerprint density at radius 2 is 1.73 bits per heavy atom. The van der Waals surface area contributed by atoms with Gasteiger partial charge in [0, 0.05) is 0 Å². The lowest BCUT2D eigenvalue weighted by Gasteiger charge is -2.14. The largest absolute Gasteiger partial charge is 0.506 e. The van der Waals surface area contributed by atoms with Crippen LogP contribution in [0.25, 0.3) is 21.7 Å². The zero-order chi connectivity index (χ0) is 16.3. The van der Waals surface area contributed by atoms with Crippen molar-refractivity contribution < 1.29 is 19.1 Å². The van der Waals surface area contributed by atoms with Crippen LogP contribution in [-0.4, -0.2) is 18.0 Å². The molecule has 0 unspecified atom stereocenters. The van der Waals surface area contributed by atoms with Crippen molar-refractivity contribution in [3.63, 3.8) is 0 Å². The van der Waals surface area contributed by atoms with E-state index in [1.54, 1.807) is 0 Å². The van der Waals surface area contributed by atoms with Crippen molar-refractivity contribution in [1.29, 1.82) is 0 Å². The number of nitrogens with two attached hydrogens (primary N) is 1. The fraction of sp³-hybridized carbons (Fsp3) is 0.143. The number of methoxy groups -OCH3 is 1. The molecule has 112 valence electrons. The molecule has 0 bridgehead atoms. The average molecular weight is 303 g/mol. The van der Waals surface area contributed by atoms with E-state index in [2.05, 4.69) is 0 Å². The van der Waals surface area contributed by atoms with Crippen LogP contribution in [0.5, 0.6) is 11.5 Å². The van der Waals surface area contributed by atoms with Crippen molar-refractivity contribution in [2.24, 2.45) is 0 Å². The summed E-state index contributed by atoms with van der Waals surface area (Å²) in [4.78, 5) is 46.8. The predicted octanol–water partition coefficient (Wildman–Crippen LogP) is 0.0412. The first kappa shape index (κ1) is 13.8. The molecule has 8 nitrogen and oxygen atoms in total. The molecule has 0 aliphatic rings. The quantitative estimate of drug-likeness (QED) is 0.293. The highest BCUT2D eigenvalue weighted by atomic mass is 16.5. The number of Topliss-reactive ketones (excluding diaryl/α,β-unsaturated/α-hetero) is 1. The summed E-state index contributed by atoms with van der Waals surface area (Å²) in [6.45, 7) is 1.06. The van der Waals surface area contributed by atoms with Gasteiger partial charge in [-0.3, -0.25) is 14.4 Å². The van der Waals surface area contributed by atoms with Crippen LogP contribution < -0.4 is 27.0 Å². The fourth-order valence-electron chi connectivity index (χ4n) is 2.55. The Morgan fingerprint density at radius 3 is 2.27 bits per heavy atom. The molecule has 0 amide bonds. The van der Waals surface area contributed by atoms with Gasteiger partial charge in [-0.15, -0.1) is 0 Å². The van der Waals surface area contributed by atoms with Crippen molar-refractivity contribution in [3.05, 3.63) is 36.4 Å². The lowest BCUT2D eigenvalue weighted by molar-refractivity contribution is 0.101. The first-order chi connectivity index (χ1) is 10.3. The monoisotopic (exact) mass is 303 g/mol. The molecule has 0 aliphatic carbocycles. The number of fused-ring (bicyclic) bond motifs is 3. The molecule has 0 saturated carbocycles. The van der Waals surface area contributed by atoms with Crippen molar-refractivity contribution in [2.75, 3.05) is 12.8 Å². The number of rotatable bonds is 2. The standard InChI is InChI=1S/C14H9NO7/c1-3(16)4-9(17)6-5-7(11(19)10(5)18)12(21-2)8(15)13(6)22-14(4)20/h17H,15H2,1-2H3. The number of aromatic hydroxyl groups is 1. The summed E-state index contributed by atoms with van der Waals surface area (Å²) in [7, 11) is 1.23. The molecule has 3 aromatic rings. The van der Waals surface area contributed by atoms with Crippen LogP contribution >= 0.6 is 0 Å². The van der Waals surface area contributed by atoms with Crippen molar-refractivity contribution in [3.8, 4) is 11.5 Å². The van der Waals surface area contributed by atoms with E-state index >= 15 is 0 Å². The minimum absolute atomic E-state index is 0.101. The summed E-state index contributed by atoms with van der Waals surface area (Å²) >= 11 is 0. The zero-order valence-corrected chi connectivity index (χ0v) is 11.5. The Hall–Kier alpha value is -3.16. The highest BCUT2D eigenvalue weighted by molar-refractivity contribution is 6.20. The van der Waals surface area contributed by atoms with Crippen LogP contribution in [-0.2, 0) is 0 Å². The number of hydrogen-bond acceptors (Lipinski definition) is 8. The van der Waals surface area contributed by atoms with Crippen molar-refractivity contribution in [2.45, 2.75) is 6.92 Å². The van der Waals surface area contributed by atoms with Gasteiger partial charge in [0.15, 0.2) is 17.1 Å². The van der Waals surface area contributed by atoms with E-state index < -0.39 is 33.6 Å². The molecule has 22 heavy (non-hydrogen) atoms. The number of benzene rings is 1. The summed E-state index contributed by atoms with van der Waals surface area (Å²) < 4.78 is 9.94. The second-order valence-electron chi connectivity index (χ2n) is 4.73. The number of carbonyl (C=O) groups excluding carboxylic acids is 1. The maximum absolute atomic E-state index is 11.8. The van der Waals surface area contributed by atoms with Crippen molar-refractivity contribution in [1.82, 2.24) is 0 Å². The second kappa shape index (κ2) is 4.17. The normalized spacial score (nSPS) is 11.4. The van der Waals surface area contributed by atoms with Crippen LogP contribution in [0.2, 0.25) is 0 Å². The molecule has 3 rings (SSSR count). The molecule has 2 aromatic carbocycles. The second-order valence-corrected chi connectivity index (χ2v) is 4.73. The zero-order valence-electron chi connectivity index (χ0n) is 11.5. The van der Waals surface area contributed by atoms with Gasteiger partial charge in [0.1, 0.15) is 17.0 Å². The highest BCUT2D eigenvalue weighted by Crippen LogP contribution is 2.41. The maximum atomic E-state index is 11.8. The maximum Gasteiger partial charge on any atom is 0.351 e. The lowest BCUT2D eigenvalue weighted by Crippen LogP contribution is -2.31. The summed E-state index contributed by atoms with van der Waals surface area (Å²) in [5, 5.41) is 9.69. The third kappa shape index (κ3) is 1.40. The number of nitrogen functional groups attached to an aromatic ring is 1. The molecule has 8 heteroatoms. The molecular weight excluding hydrogens is 294 g/mol. The minimum atomic E-state index is -1.09. The van der Waals surface area contributed by atoms with Crippen LogP contribution in [0.3, 0.4) is 0 Å². The lowest BCUT2D eigenvalue weighted by atomic mass is 9.96. The van der Waals surface area contributed by atoms with E-state index in [0.717, 1.165) is 6.92 Å². The van der Waals surface area contributed by atoms with Gasteiger partial charge in [0.05, 0.1) is 23.3 Å². The van der Waals surface area contributed by atoms with Gasteiger partial charge in [-0.1, -0.05) is 0 Å². The van der Waals surface area contributed by atoms with Gasteiger partial charge < -0.3 is 20.0 Å². The van der Waals surface area contributed by atoms with E-state index in [0.29, 0.717) is 0 Å². The van der Waals surface area contributed by atoms with Crippen LogP contribution in [0.4, 0.5) is 5.69 Å². The highest BCUT2D eigenvalue weighted by Gasteiger charge is 2.29. The van der Waals surface area contributed by atoms with E-state index in [1.165, 1.54) is 7.11 Å². The number of ketones is 1. The minimum Gasteiger partial charge on any atom is -0.506 e. The summed E-state index contributed by atoms with van der Waals surface area (Å²) in [6.07, 6.45) is 0.